The van der Waals surface area contributed by atoms with E-state index in [1.807, 2.05) is 11.4 Å². The van der Waals surface area contributed by atoms with Crippen LogP contribution in [0.3, 0.4) is 0 Å². The molecule has 4 nitrogen and oxygen atoms in total. The van der Waals surface area contributed by atoms with Crippen LogP contribution in [-0.2, 0) is 11.3 Å². The van der Waals surface area contributed by atoms with Crippen molar-refractivity contribution >= 4 is 22.9 Å². The van der Waals surface area contributed by atoms with Gasteiger partial charge in [-0.15, -0.1) is 11.3 Å². The van der Waals surface area contributed by atoms with Gasteiger partial charge in [0.25, 0.3) is 0 Å². The minimum Gasteiger partial charge on any atom is -0.380 e. The summed E-state index contributed by atoms with van der Waals surface area (Å²) in [5.41, 5.74) is 1.09. The molecule has 2 rings (SSSR count). The Hall–Kier alpha value is -0.910. The number of ether oxygens (including phenoxy) is 1. The summed E-state index contributed by atoms with van der Waals surface area (Å²) in [5, 5.41) is 5.76. The van der Waals surface area contributed by atoms with Gasteiger partial charge in [0.15, 0.2) is 0 Å². The SMILES string of the molecule is COCc1csc(-c2noc(Cl)n2)c1. The van der Waals surface area contributed by atoms with E-state index in [0.717, 1.165) is 10.4 Å². The maximum atomic E-state index is 5.52. The van der Waals surface area contributed by atoms with Crippen molar-refractivity contribution < 1.29 is 9.26 Å². The van der Waals surface area contributed by atoms with Crippen molar-refractivity contribution in [2.45, 2.75) is 6.61 Å². The number of nitrogens with zero attached hydrogens (tertiary/aromatic N) is 2. The smallest absolute Gasteiger partial charge is 0.320 e. The third kappa shape index (κ3) is 1.95. The van der Waals surface area contributed by atoms with Crippen molar-refractivity contribution in [3.8, 4) is 10.7 Å². The molecule has 0 spiro atoms. The molecule has 0 N–H and O–H groups in total. The van der Waals surface area contributed by atoms with E-state index in [0.29, 0.717) is 12.4 Å². The van der Waals surface area contributed by atoms with Gasteiger partial charge in [0.2, 0.25) is 5.82 Å². The summed E-state index contributed by atoms with van der Waals surface area (Å²) >= 11 is 7.05. The molecule has 0 fully saturated rings. The van der Waals surface area contributed by atoms with Gasteiger partial charge in [0.05, 0.1) is 11.5 Å². The summed E-state index contributed by atoms with van der Waals surface area (Å²) in [6.45, 7) is 0.585. The van der Waals surface area contributed by atoms with Gasteiger partial charge in [0, 0.05) is 7.11 Å². The molecule has 2 aromatic heterocycles. The molecule has 0 radical (unpaired) electrons. The first kappa shape index (κ1) is 9.64. The lowest BCUT2D eigenvalue weighted by Crippen LogP contribution is -1.82. The Balaban J connectivity index is 2.24. The molecule has 2 heterocycles. The van der Waals surface area contributed by atoms with Crippen LogP contribution in [0.1, 0.15) is 5.56 Å². The number of aromatic nitrogens is 2. The van der Waals surface area contributed by atoms with E-state index in [-0.39, 0.29) is 5.35 Å². The first-order chi connectivity index (χ1) is 6.79. The van der Waals surface area contributed by atoms with Gasteiger partial charge in [-0.1, -0.05) is 5.16 Å². The highest BCUT2D eigenvalue weighted by atomic mass is 35.5. The number of hydrogen-bond acceptors (Lipinski definition) is 5. The quantitative estimate of drug-likeness (QED) is 0.813. The Labute approximate surface area is 89.5 Å². The van der Waals surface area contributed by atoms with Crippen molar-refractivity contribution in [3.63, 3.8) is 0 Å². The molecule has 74 valence electrons. The van der Waals surface area contributed by atoms with Crippen LogP contribution in [-0.4, -0.2) is 17.3 Å². The van der Waals surface area contributed by atoms with Crippen LogP contribution in [0.25, 0.3) is 10.7 Å². The van der Waals surface area contributed by atoms with Crippen LogP contribution in [0, 0.1) is 0 Å². The molecule has 0 aromatic carbocycles. The van der Waals surface area contributed by atoms with E-state index in [4.69, 9.17) is 16.3 Å². The predicted octanol–water partition coefficient (Wildman–Crippen LogP) is 2.60. The topological polar surface area (TPSA) is 48.2 Å². The van der Waals surface area contributed by atoms with Gasteiger partial charge in [-0.2, -0.15) is 4.98 Å². The highest BCUT2D eigenvalue weighted by Crippen LogP contribution is 2.25. The zero-order chi connectivity index (χ0) is 9.97. The summed E-state index contributed by atoms with van der Waals surface area (Å²) in [6.07, 6.45) is 0. The molecule has 0 atom stereocenters. The highest BCUT2D eigenvalue weighted by molar-refractivity contribution is 7.13. The average molecular weight is 231 g/mol. The Kier molecular flexibility index (Phi) is 2.81. The monoisotopic (exact) mass is 230 g/mol. The summed E-state index contributed by atoms with van der Waals surface area (Å²) in [5.74, 6) is 0.516. The maximum absolute atomic E-state index is 5.52. The second-order valence-corrected chi connectivity index (χ2v) is 3.86. The largest absolute Gasteiger partial charge is 0.380 e. The molecule has 0 aliphatic carbocycles. The molecule has 0 aliphatic rings. The lowest BCUT2D eigenvalue weighted by molar-refractivity contribution is 0.185. The fourth-order valence-corrected chi connectivity index (χ4v) is 1.98. The zero-order valence-corrected chi connectivity index (χ0v) is 8.93. The molecule has 14 heavy (non-hydrogen) atoms. The summed E-state index contributed by atoms with van der Waals surface area (Å²) < 4.78 is 9.67. The number of methoxy groups -OCH3 is 1. The minimum atomic E-state index is 0.0571. The summed E-state index contributed by atoms with van der Waals surface area (Å²) in [6, 6.07) is 1.95. The van der Waals surface area contributed by atoms with Gasteiger partial charge in [0.1, 0.15) is 0 Å². The van der Waals surface area contributed by atoms with Gasteiger partial charge < -0.3 is 9.26 Å². The van der Waals surface area contributed by atoms with Crippen molar-refractivity contribution in [2.24, 2.45) is 0 Å². The Bertz CT molecular complexity index is 426. The van der Waals surface area contributed by atoms with Gasteiger partial charge in [-0.3, -0.25) is 0 Å². The second-order valence-electron chi connectivity index (χ2n) is 2.62. The molecular formula is C8H7ClN2O2S. The van der Waals surface area contributed by atoms with Crippen LogP contribution in [0.5, 0.6) is 0 Å². The van der Waals surface area contributed by atoms with Crippen LogP contribution in [0.15, 0.2) is 16.0 Å². The van der Waals surface area contributed by atoms with Gasteiger partial charge in [-0.25, -0.2) is 0 Å². The standard InChI is InChI=1S/C8H7ClN2O2S/c1-12-3-5-2-6(14-4-5)7-10-8(9)13-11-7/h2,4H,3H2,1H3. The van der Waals surface area contributed by atoms with Gasteiger partial charge in [-0.05, 0) is 28.6 Å². The second kappa shape index (κ2) is 4.08. The first-order valence-corrected chi connectivity index (χ1v) is 5.11. The molecule has 0 saturated heterocycles. The molecule has 0 aliphatic heterocycles. The van der Waals surface area contributed by atoms with E-state index >= 15 is 0 Å². The van der Waals surface area contributed by atoms with E-state index in [2.05, 4.69) is 14.7 Å². The van der Waals surface area contributed by atoms with E-state index in [9.17, 15) is 0 Å². The molecule has 0 unspecified atom stereocenters. The summed E-state index contributed by atoms with van der Waals surface area (Å²) in [7, 11) is 1.66. The van der Waals surface area contributed by atoms with Crippen molar-refractivity contribution in [1.82, 2.24) is 10.1 Å². The molecular weight excluding hydrogens is 224 g/mol. The maximum Gasteiger partial charge on any atom is 0.320 e. The molecule has 2 aromatic rings. The fraction of sp³-hybridized carbons (Fsp3) is 0.250. The molecule has 0 amide bonds. The first-order valence-electron chi connectivity index (χ1n) is 3.85. The van der Waals surface area contributed by atoms with E-state index in [1.165, 1.54) is 11.3 Å². The van der Waals surface area contributed by atoms with Crippen molar-refractivity contribution in [2.75, 3.05) is 7.11 Å². The number of halogens is 1. The van der Waals surface area contributed by atoms with Crippen molar-refractivity contribution in [3.05, 3.63) is 22.4 Å². The van der Waals surface area contributed by atoms with Gasteiger partial charge >= 0.3 is 5.35 Å². The van der Waals surface area contributed by atoms with E-state index < -0.39 is 0 Å². The predicted molar refractivity (Wildman–Crippen MR) is 53.3 cm³/mol. The number of rotatable bonds is 3. The molecule has 0 saturated carbocycles. The van der Waals surface area contributed by atoms with Crippen molar-refractivity contribution in [1.29, 1.82) is 0 Å². The number of thiophene rings is 1. The Morgan fingerprint density at radius 2 is 2.50 bits per heavy atom. The highest BCUT2D eigenvalue weighted by Gasteiger charge is 2.09. The van der Waals surface area contributed by atoms with Crippen LogP contribution in [0.2, 0.25) is 5.35 Å². The Morgan fingerprint density at radius 1 is 1.64 bits per heavy atom. The van der Waals surface area contributed by atoms with Crippen LogP contribution >= 0.6 is 22.9 Å². The lowest BCUT2D eigenvalue weighted by Gasteiger charge is -1.90. The average Bonchev–Trinajstić information content (AvgIpc) is 2.74. The third-order valence-electron chi connectivity index (χ3n) is 1.59. The fourth-order valence-electron chi connectivity index (χ4n) is 1.04. The number of hydrogen-bond donors (Lipinski definition) is 0. The van der Waals surface area contributed by atoms with Crippen LogP contribution in [0.4, 0.5) is 0 Å². The van der Waals surface area contributed by atoms with E-state index in [1.54, 1.807) is 7.11 Å². The molecule has 0 bridgehead atoms. The Morgan fingerprint density at radius 3 is 3.14 bits per heavy atom. The molecule has 6 heteroatoms. The zero-order valence-electron chi connectivity index (χ0n) is 7.36. The van der Waals surface area contributed by atoms with Crippen LogP contribution < -0.4 is 0 Å². The third-order valence-corrected chi connectivity index (χ3v) is 2.71. The minimum absolute atomic E-state index is 0.0571. The lowest BCUT2D eigenvalue weighted by atomic mass is 10.3. The normalized spacial score (nSPS) is 10.7. The summed E-state index contributed by atoms with van der Waals surface area (Å²) in [4.78, 5) is 4.84.